The Morgan fingerprint density at radius 1 is 1.25 bits per heavy atom. The lowest BCUT2D eigenvalue weighted by Crippen LogP contribution is -2.42. The minimum Gasteiger partial charge on any atom is -0.369 e. The van der Waals surface area contributed by atoms with Crippen molar-refractivity contribution >= 4 is 23.1 Å². The molecule has 1 atom stereocenters. The third kappa shape index (κ3) is 3.02. The zero-order chi connectivity index (χ0) is 13.8. The molecule has 104 valence electrons. The van der Waals surface area contributed by atoms with E-state index in [2.05, 4.69) is 44.5 Å². The van der Waals surface area contributed by atoms with Crippen molar-refractivity contribution in [2.45, 2.75) is 18.9 Å². The lowest BCUT2D eigenvalue weighted by molar-refractivity contribution is 0.529. The van der Waals surface area contributed by atoms with Crippen molar-refractivity contribution in [1.29, 1.82) is 0 Å². The van der Waals surface area contributed by atoms with Gasteiger partial charge < -0.3 is 10.2 Å². The van der Waals surface area contributed by atoms with E-state index in [1.54, 1.807) is 6.20 Å². The number of aromatic nitrogens is 2. The van der Waals surface area contributed by atoms with Gasteiger partial charge in [-0.25, -0.2) is 9.97 Å². The molecular weight excluding hydrogens is 272 g/mol. The summed E-state index contributed by atoms with van der Waals surface area (Å²) in [5, 5.41) is 4.00. The van der Waals surface area contributed by atoms with Crippen LogP contribution in [-0.4, -0.2) is 29.1 Å². The highest BCUT2D eigenvalue weighted by Crippen LogP contribution is 2.23. The highest BCUT2D eigenvalue weighted by atomic mass is 35.5. The second-order valence-corrected chi connectivity index (χ2v) is 5.39. The number of para-hydroxylation sites is 1. The predicted octanol–water partition coefficient (Wildman–Crippen LogP) is 3.21. The van der Waals surface area contributed by atoms with Gasteiger partial charge in [-0.3, -0.25) is 0 Å². The fraction of sp³-hybridized carbons (Fsp3) is 0.333. The van der Waals surface area contributed by atoms with Gasteiger partial charge in [0.1, 0.15) is 17.2 Å². The van der Waals surface area contributed by atoms with Gasteiger partial charge in [-0.15, -0.1) is 0 Å². The van der Waals surface area contributed by atoms with Gasteiger partial charge in [0, 0.05) is 24.8 Å². The first-order valence-corrected chi connectivity index (χ1v) is 7.23. The van der Waals surface area contributed by atoms with E-state index in [4.69, 9.17) is 11.6 Å². The molecule has 0 amide bonds. The molecule has 1 aliphatic rings. The minimum atomic E-state index is 0.358. The number of benzene rings is 1. The predicted molar refractivity (Wildman–Crippen MR) is 82.3 cm³/mol. The Kier molecular flexibility index (Phi) is 4.02. The van der Waals surface area contributed by atoms with Crippen LogP contribution in [0.4, 0.5) is 11.5 Å². The number of piperidine rings is 1. The van der Waals surface area contributed by atoms with E-state index in [1.165, 1.54) is 12.0 Å². The number of nitrogens with one attached hydrogen (secondary N) is 1. The highest BCUT2D eigenvalue weighted by molar-refractivity contribution is 6.32. The van der Waals surface area contributed by atoms with E-state index in [-0.39, 0.29) is 0 Å². The maximum absolute atomic E-state index is 6.10. The van der Waals surface area contributed by atoms with Crippen molar-refractivity contribution < 1.29 is 0 Å². The molecule has 1 saturated heterocycles. The van der Waals surface area contributed by atoms with Crippen LogP contribution in [0.15, 0.2) is 42.9 Å². The summed E-state index contributed by atoms with van der Waals surface area (Å²) in [5.74, 6) is 0.724. The highest BCUT2D eigenvalue weighted by Gasteiger charge is 2.20. The van der Waals surface area contributed by atoms with Gasteiger partial charge in [0.2, 0.25) is 0 Å². The van der Waals surface area contributed by atoms with Gasteiger partial charge >= 0.3 is 0 Å². The Bertz CT molecular complexity index is 561. The normalized spacial score (nSPS) is 18.9. The van der Waals surface area contributed by atoms with E-state index in [0.29, 0.717) is 11.1 Å². The lowest BCUT2D eigenvalue weighted by Gasteiger charge is -2.35. The third-order valence-electron chi connectivity index (χ3n) is 3.55. The van der Waals surface area contributed by atoms with Crippen molar-refractivity contribution in [2.75, 3.05) is 23.3 Å². The molecule has 0 aliphatic carbocycles. The van der Waals surface area contributed by atoms with Crippen LogP contribution in [-0.2, 0) is 0 Å². The maximum Gasteiger partial charge on any atom is 0.148 e. The van der Waals surface area contributed by atoms with Gasteiger partial charge in [0.25, 0.3) is 0 Å². The molecule has 2 aromatic rings. The van der Waals surface area contributed by atoms with Crippen molar-refractivity contribution in [1.82, 2.24) is 9.97 Å². The molecule has 1 aromatic carbocycles. The van der Waals surface area contributed by atoms with Crippen LogP contribution in [0, 0.1) is 0 Å². The summed E-state index contributed by atoms with van der Waals surface area (Å²) in [6.45, 7) is 2.06. The Labute approximate surface area is 123 Å². The van der Waals surface area contributed by atoms with Crippen molar-refractivity contribution in [2.24, 2.45) is 0 Å². The summed E-state index contributed by atoms with van der Waals surface area (Å²) in [6, 6.07) is 10.9. The average molecular weight is 289 g/mol. The summed E-state index contributed by atoms with van der Waals surface area (Å²) in [7, 11) is 0. The van der Waals surface area contributed by atoms with Crippen LogP contribution in [0.2, 0.25) is 5.02 Å². The largest absolute Gasteiger partial charge is 0.369 e. The quantitative estimate of drug-likeness (QED) is 0.941. The molecule has 0 radical (unpaired) electrons. The number of rotatable bonds is 3. The second-order valence-electron chi connectivity index (χ2n) is 4.98. The Balaban J connectivity index is 1.68. The number of hydrogen-bond acceptors (Lipinski definition) is 4. The Morgan fingerprint density at radius 3 is 2.90 bits per heavy atom. The van der Waals surface area contributed by atoms with Crippen LogP contribution < -0.4 is 10.2 Å². The SMILES string of the molecule is Clc1cncnc1NC1CCCN(c2ccccc2)C1. The number of hydrogen-bond donors (Lipinski definition) is 1. The van der Waals surface area contributed by atoms with Crippen molar-refractivity contribution in [3.05, 3.63) is 47.9 Å². The summed E-state index contributed by atoms with van der Waals surface area (Å²) in [6.07, 6.45) is 5.43. The summed E-state index contributed by atoms with van der Waals surface area (Å²) in [5.41, 5.74) is 1.27. The average Bonchev–Trinajstić information content (AvgIpc) is 2.51. The number of nitrogens with zero attached hydrogens (tertiary/aromatic N) is 3. The van der Waals surface area contributed by atoms with Crippen LogP contribution in [0.3, 0.4) is 0 Å². The molecule has 20 heavy (non-hydrogen) atoms. The molecule has 1 aliphatic heterocycles. The summed E-state index contributed by atoms with van der Waals surface area (Å²) >= 11 is 6.10. The van der Waals surface area contributed by atoms with Crippen LogP contribution in [0.25, 0.3) is 0 Å². The first-order valence-electron chi connectivity index (χ1n) is 6.85. The Hall–Kier alpha value is -1.81. The maximum atomic E-state index is 6.10. The molecule has 1 aromatic heterocycles. The third-order valence-corrected chi connectivity index (χ3v) is 3.83. The molecule has 0 saturated carbocycles. The molecule has 0 spiro atoms. The lowest BCUT2D eigenvalue weighted by atomic mass is 10.0. The van der Waals surface area contributed by atoms with E-state index < -0.39 is 0 Å². The second kappa shape index (κ2) is 6.09. The van der Waals surface area contributed by atoms with Crippen LogP contribution in [0.1, 0.15) is 12.8 Å². The molecule has 1 N–H and O–H groups in total. The molecule has 3 rings (SSSR count). The summed E-state index contributed by atoms with van der Waals surface area (Å²) < 4.78 is 0. The Morgan fingerprint density at radius 2 is 2.10 bits per heavy atom. The molecule has 0 bridgehead atoms. The zero-order valence-electron chi connectivity index (χ0n) is 11.2. The van der Waals surface area contributed by atoms with Crippen LogP contribution in [0.5, 0.6) is 0 Å². The first kappa shape index (κ1) is 13.2. The fourth-order valence-electron chi connectivity index (χ4n) is 2.58. The van der Waals surface area contributed by atoms with Crippen molar-refractivity contribution in [3.8, 4) is 0 Å². The minimum absolute atomic E-state index is 0.358. The van der Waals surface area contributed by atoms with Gasteiger partial charge in [0.15, 0.2) is 0 Å². The first-order chi connectivity index (χ1) is 9.83. The van der Waals surface area contributed by atoms with Crippen LogP contribution >= 0.6 is 11.6 Å². The smallest absolute Gasteiger partial charge is 0.148 e. The van der Waals surface area contributed by atoms with E-state index >= 15 is 0 Å². The van der Waals surface area contributed by atoms with E-state index in [9.17, 15) is 0 Å². The van der Waals surface area contributed by atoms with Gasteiger partial charge in [-0.05, 0) is 25.0 Å². The fourth-order valence-corrected chi connectivity index (χ4v) is 2.74. The van der Waals surface area contributed by atoms with E-state index in [1.807, 2.05) is 6.07 Å². The van der Waals surface area contributed by atoms with Gasteiger partial charge in [-0.2, -0.15) is 0 Å². The summed E-state index contributed by atoms with van der Waals surface area (Å²) in [4.78, 5) is 10.5. The van der Waals surface area contributed by atoms with E-state index in [0.717, 1.165) is 31.7 Å². The number of anilines is 2. The monoisotopic (exact) mass is 288 g/mol. The van der Waals surface area contributed by atoms with Crippen molar-refractivity contribution in [3.63, 3.8) is 0 Å². The van der Waals surface area contributed by atoms with Gasteiger partial charge in [-0.1, -0.05) is 29.8 Å². The molecular formula is C15H17ClN4. The molecule has 2 heterocycles. The molecule has 5 heteroatoms. The number of halogens is 1. The molecule has 4 nitrogen and oxygen atoms in total. The molecule has 1 fully saturated rings. The zero-order valence-corrected chi connectivity index (χ0v) is 11.9. The van der Waals surface area contributed by atoms with Gasteiger partial charge in [0.05, 0.1) is 6.20 Å². The molecule has 1 unspecified atom stereocenters. The standard InChI is InChI=1S/C15H17ClN4/c16-14-9-17-11-18-15(14)19-12-5-4-8-20(10-12)13-6-2-1-3-7-13/h1-3,6-7,9,11-12H,4-5,8,10H2,(H,17,18,19). The topological polar surface area (TPSA) is 41.1 Å².